The molecule has 0 aromatic carbocycles. The summed E-state index contributed by atoms with van der Waals surface area (Å²) < 4.78 is 1.95. The van der Waals surface area contributed by atoms with Gasteiger partial charge in [0.05, 0.1) is 11.4 Å². The van der Waals surface area contributed by atoms with Gasteiger partial charge in [0.15, 0.2) is 5.65 Å². The van der Waals surface area contributed by atoms with Gasteiger partial charge in [-0.3, -0.25) is 14.6 Å². The largest absolute Gasteiger partial charge is 0.331 e. The van der Waals surface area contributed by atoms with E-state index in [0.717, 1.165) is 11.4 Å². The van der Waals surface area contributed by atoms with E-state index in [1.165, 1.54) is 30.4 Å². The Morgan fingerprint density at radius 2 is 2.09 bits per heavy atom. The van der Waals surface area contributed by atoms with Crippen molar-refractivity contribution >= 4 is 23.3 Å². The molecule has 2 aromatic heterocycles. The van der Waals surface area contributed by atoms with Crippen LogP contribution in [0.2, 0.25) is 0 Å². The number of rotatable bonds is 3. The van der Waals surface area contributed by atoms with Crippen LogP contribution in [0.15, 0.2) is 18.5 Å². The second-order valence-electron chi connectivity index (χ2n) is 6.24. The predicted molar refractivity (Wildman–Crippen MR) is 85.2 cm³/mol. The minimum Gasteiger partial charge on any atom is -0.325 e. The summed E-state index contributed by atoms with van der Waals surface area (Å²) in [5, 5.41) is 0. The van der Waals surface area contributed by atoms with Gasteiger partial charge < -0.3 is 10.1 Å². The summed E-state index contributed by atoms with van der Waals surface area (Å²) in [6.07, 6.45) is 6.66. The first-order valence-electron chi connectivity index (χ1n) is 7.88. The van der Waals surface area contributed by atoms with Crippen LogP contribution in [0.5, 0.6) is 0 Å². The van der Waals surface area contributed by atoms with Crippen molar-refractivity contribution < 1.29 is 9.59 Å². The van der Waals surface area contributed by atoms with E-state index in [-0.39, 0.29) is 11.9 Å². The van der Waals surface area contributed by atoms with Gasteiger partial charge in [-0.2, -0.15) is 0 Å². The maximum atomic E-state index is 12.5. The van der Waals surface area contributed by atoms with E-state index in [2.05, 4.69) is 11.2 Å². The quantitative estimate of drug-likeness (QED) is 0.930. The zero-order chi connectivity index (χ0) is 16.1. The first kappa shape index (κ1) is 14.2. The SMILES string of the molecule is CN1C(=O)CCN(c2cc(C3CC3)cn3cc(CN)nc23)C1=O. The summed E-state index contributed by atoms with van der Waals surface area (Å²) in [5.41, 5.74) is 9.18. The number of pyridine rings is 1. The molecule has 3 amide bonds. The number of carbonyl (C=O) groups excluding carboxylic acids is 2. The third-order valence-corrected chi connectivity index (χ3v) is 4.59. The van der Waals surface area contributed by atoms with Crippen molar-refractivity contribution in [2.75, 3.05) is 18.5 Å². The van der Waals surface area contributed by atoms with Gasteiger partial charge in [0.2, 0.25) is 5.91 Å². The third kappa shape index (κ3) is 2.28. The Morgan fingerprint density at radius 3 is 2.78 bits per heavy atom. The molecule has 2 aliphatic rings. The second kappa shape index (κ2) is 5.06. The molecule has 7 heteroatoms. The molecule has 1 saturated carbocycles. The minimum atomic E-state index is -0.298. The Kier molecular flexibility index (Phi) is 3.12. The Bertz CT molecular complexity index is 808. The maximum absolute atomic E-state index is 12.5. The van der Waals surface area contributed by atoms with Crippen molar-refractivity contribution in [1.82, 2.24) is 14.3 Å². The lowest BCUT2D eigenvalue weighted by Gasteiger charge is -2.32. The van der Waals surface area contributed by atoms with Gasteiger partial charge in [0.25, 0.3) is 0 Å². The lowest BCUT2D eigenvalue weighted by Crippen LogP contribution is -2.50. The van der Waals surface area contributed by atoms with E-state index >= 15 is 0 Å². The molecule has 2 N–H and O–H groups in total. The van der Waals surface area contributed by atoms with Gasteiger partial charge in [-0.25, -0.2) is 9.78 Å². The molecule has 7 nitrogen and oxygen atoms in total. The Labute approximate surface area is 133 Å². The van der Waals surface area contributed by atoms with Crippen molar-refractivity contribution in [3.05, 3.63) is 29.7 Å². The molecule has 0 radical (unpaired) electrons. The van der Waals surface area contributed by atoms with Crippen LogP contribution in [0.3, 0.4) is 0 Å². The highest BCUT2D eigenvalue weighted by molar-refractivity contribution is 6.06. The molecule has 0 spiro atoms. The topological polar surface area (TPSA) is 83.9 Å². The molecule has 1 aliphatic heterocycles. The molecule has 23 heavy (non-hydrogen) atoms. The molecule has 3 heterocycles. The zero-order valence-electron chi connectivity index (χ0n) is 13.0. The van der Waals surface area contributed by atoms with Crippen LogP contribution in [0.4, 0.5) is 10.5 Å². The average Bonchev–Trinajstić information content (AvgIpc) is 3.31. The normalized spacial score (nSPS) is 19.0. The maximum Gasteiger partial charge on any atom is 0.331 e. The lowest BCUT2D eigenvalue weighted by molar-refractivity contribution is -0.127. The van der Waals surface area contributed by atoms with Crippen molar-refractivity contribution in [3.63, 3.8) is 0 Å². The van der Waals surface area contributed by atoms with E-state index in [0.29, 0.717) is 31.1 Å². The predicted octanol–water partition coefficient (Wildman–Crippen LogP) is 1.46. The summed E-state index contributed by atoms with van der Waals surface area (Å²) in [4.78, 5) is 31.6. The number of hydrogen-bond acceptors (Lipinski definition) is 4. The molecule has 4 rings (SSSR count). The number of imide groups is 1. The first-order chi connectivity index (χ1) is 11.1. The van der Waals surface area contributed by atoms with E-state index in [9.17, 15) is 9.59 Å². The number of imidazole rings is 1. The van der Waals surface area contributed by atoms with Gasteiger partial charge in [-0.15, -0.1) is 0 Å². The molecule has 0 bridgehead atoms. The summed E-state index contributed by atoms with van der Waals surface area (Å²) in [6, 6.07) is 1.75. The third-order valence-electron chi connectivity index (χ3n) is 4.59. The Hall–Kier alpha value is -2.41. The fourth-order valence-electron chi connectivity index (χ4n) is 3.07. The average molecular weight is 313 g/mol. The summed E-state index contributed by atoms with van der Waals surface area (Å²) in [7, 11) is 1.52. The minimum absolute atomic E-state index is 0.147. The van der Waals surface area contributed by atoms with Crippen LogP contribution in [-0.2, 0) is 11.3 Å². The first-order valence-corrected chi connectivity index (χ1v) is 7.88. The highest BCUT2D eigenvalue weighted by Gasteiger charge is 2.33. The van der Waals surface area contributed by atoms with E-state index in [1.54, 1.807) is 4.90 Å². The highest BCUT2D eigenvalue weighted by atomic mass is 16.2. The van der Waals surface area contributed by atoms with Crippen LogP contribution in [0, 0.1) is 0 Å². The lowest BCUT2D eigenvalue weighted by atomic mass is 10.1. The van der Waals surface area contributed by atoms with E-state index in [4.69, 9.17) is 5.73 Å². The molecular weight excluding hydrogens is 294 g/mol. The fraction of sp³-hybridized carbons (Fsp3) is 0.438. The van der Waals surface area contributed by atoms with Crippen molar-refractivity contribution in [2.45, 2.75) is 31.7 Å². The smallest absolute Gasteiger partial charge is 0.325 e. The zero-order valence-corrected chi connectivity index (χ0v) is 13.0. The van der Waals surface area contributed by atoms with Gasteiger partial charge in [0, 0.05) is 39.0 Å². The number of nitrogens with two attached hydrogens (primary N) is 1. The number of carbonyl (C=O) groups is 2. The molecule has 120 valence electrons. The molecule has 2 aromatic rings. The van der Waals surface area contributed by atoms with Crippen LogP contribution < -0.4 is 10.6 Å². The summed E-state index contributed by atoms with van der Waals surface area (Å²) >= 11 is 0. The van der Waals surface area contributed by atoms with Crippen LogP contribution in [0.25, 0.3) is 5.65 Å². The van der Waals surface area contributed by atoms with Gasteiger partial charge in [-0.05, 0) is 30.4 Å². The van der Waals surface area contributed by atoms with Crippen LogP contribution >= 0.6 is 0 Å². The number of aromatic nitrogens is 2. The molecule has 2 fully saturated rings. The molecule has 1 saturated heterocycles. The Morgan fingerprint density at radius 1 is 1.30 bits per heavy atom. The van der Waals surface area contributed by atoms with E-state index < -0.39 is 0 Å². The molecule has 0 unspecified atom stereocenters. The van der Waals surface area contributed by atoms with Crippen molar-refractivity contribution in [3.8, 4) is 0 Å². The number of anilines is 1. The Balaban J connectivity index is 1.85. The summed E-state index contributed by atoms with van der Waals surface area (Å²) in [5.74, 6) is 0.410. The van der Waals surface area contributed by atoms with E-state index in [1.807, 2.05) is 16.7 Å². The second-order valence-corrected chi connectivity index (χ2v) is 6.24. The van der Waals surface area contributed by atoms with Gasteiger partial charge >= 0.3 is 6.03 Å². The number of urea groups is 1. The highest BCUT2D eigenvalue weighted by Crippen LogP contribution is 2.42. The number of hydrogen-bond donors (Lipinski definition) is 1. The number of nitrogens with zero attached hydrogens (tertiary/aromatic N) is 4. The van der Waals surface area contributed by atoms with Crippen molar-refractivity contribution in [1.29, 1.82) is 0 Å². The number of fused-ring (bicyclic) bond motifs is 1. The molecule has 0 atom stereocenters. The van der Waals surface area contributed by atoms with Crippen LogP contribution in [-0.4, -0.2) is 39.8 Å². The molecule has 1 aliphatic carbocycles. The molecular formula is C16H19N5O2. The van der Waals surface area contributed by atoms with Crippen LogP contribution in [0.1, 0.15) is 36.4 Å². The monoisotopic (exact) mass is 313 g/mol. The van der Waals surface area contributed by atoms with Gasteiger partial charge in [-0.1, -0.05) is 0 Å². The van der Waals surface area contributed by atoms with Crippen molar-refractivity contribution in [2.24, 2.45) is 5.73 Å². The fourth-order valence-corrected chi connectivity index (χ4v) is 3.07. The number of amides is 3. The van der Waals surface area contributed by atoms with Gasteiger partial charge in [0.1, 0.15) is 0 Å². The summed E-state index contributed by atoms with van der Waals surface area (Å²) in [6.45, 7) is 0.739. The standard InChI is InChI=1S/C16H19N5O2/c1-19-14(22)4-5-21(16(19)23)13-6-11(10-2-3-10)8-20-9-12(7-17)18-15(13)20/h6,8-10H,2-5,7,17H2,1H3.